The molecule has 0 bridgehead atoms. The highest BCUT2D eigenvalue weighted by Gasteiger charge is 2.12. The number of aryl methyl sites for hydroxylation is 1. The first-order chi connectivity index (χ1) is 9.81. The van der Waals surface area contributed by atoms with E-state index in [2.05, 4.69) is 46.7 Å². The van der Waals surface area contributed by atoms with E-state index in [-0.39, 0.29) is 12.5 Å². The van der Waals surface area contributed by atoms with Crippen LogP contribution in [0.3, 0.4) is 0 Å². The van der Waals surface area contributed by atoms with Gasteiger partial charge in [-0.3, -0.25) is 10.2 Å². The van der Waals surface area contributed by atoms with Crippen LogP contribution in [0.5, 0.6) is 5.75 Å². The minimum atomic E-state index is -0.220. The molecular formula is C16H23BrN2O2. The number of allylic oxidation sites excluding steroid dienone is 1. The highest BCUT2D eigenvalue weighted by molar-refractivity contribution is 9.10. The van der Waals surface area contributed by atoms with E-state index < -0.39 is 0 Å². The van der Waals surface area contributed by atoms with E-state index in [1.54, 1.807) is 6.20 Å². The number of benzene rings is 1. The van der Waals surface area contributed by atoms with Gasteiger partial charge in [0.05, 0.1) is 0 Å². The molecule has 0 radical (unpaired) electrons. The van der Waals surface area contributed by atoms with Gasteiger partial charge in [-0.15, -0.1) is 0 Å². The van der Waals surface area contributed by atoms with E-state index in [4.69, 9.17) is 4.74 Å². The number of rotatable bonds is 6. The maximum Gasteiger partial charge on any atom is 0.276 e. The molecule has 0 aliphatic heterocycles. The number of carbonyl (C=O) groups excluding carboxylic acids is 1. The summed E-state index contributed by atoms with van der Waals surface area (Å²) in [6.07, 6.45) is 1.72. The number of hydrogen-bond donors (Lipinski definition) is 2. The number of halogens is 1. The zero-order valence-electron chi connectivity index (χ0n) is 13.2. The number of ether oxygens (including phenoxy) is 1. The summed E-state index contributed by atoms with van der Waals surface area (Å²) >= 11 is 3.52. The molecule has 0 aromatic heterocycles. The van der Waals surface area contributed by atoms with Gasteiger partial charge in [-0.1, -0.05) is 35.4 Å². The van der Waals surface area contributed by atoms with Gasteiger partial charge in [0.2, 0.25) is 0 Å². The third-order valence-electron chi connectivity index (χ3n) is 2.84. The van der Waals surface area contributed by atoms with Crippen LogP contribution in [0.15, 0.2) is 28.4 Å². The predicted molar refractivity (Wildman–Crippen MR) is 89.2 cm³/mol. The van der Waals surface area contributed by atoms with Crippen LogP contribution in [0.2, 0.25) is 0 Å². The lowest BCUT2D eigenvalue weighted by atomic mass is 10.0. The fourth-order valence-corrected chi connectivity index (χ4v) is 2.05. The van der Waals surface area contributed by atoms with Crippen molar-refractivity contribution in [2.75, 3.05) is 6.61 Å². The van der Waals surface area contributed by atoms with Crippen LogP contribution in [0.25, 0.3) is 0 Å². The molecule has 0 aliphatic rings. The largest absolute Gasteiger partial charge is 0.483 e. The van der Waals surface area contributed by atoms with E-state index in [0.717, 1.165) is 26.9 Å². The lowest BCUT2D eigenvalue weighted by molar-refractivity contribution is -0.123. The SMILES string of the molecule is CC(C)=CNNC(=O)COc1cc(C)c(Br)cc1C(C)C. The summed E-state index contributed by atoms with van der Waals surface area (Å²) in [5, 5.41) is 0. The van der Waals surface area contributed by atoms with E-state index >= 15 is 0 Å². The van der Waals surface area contributed by atoms with Crippen LogP contribution in [0, 0.1) is 6.92 Å². The van der Waals surface area contributed by atoms with Crippen molar-refractivity contribution in [2.45, 2.75) is 40.5 Å². The van der Waals surface area contributed by atoms with Gasteiger partial charge >= 0.3 is 0 Å². The van der Waals surface area contributed by atoms with Crippen LogP contribution >= 0.6 is 15.9 Å². The summed E-state index contributed by atoms with van der Waals surface area (Å²) < 4.78 is 6.71. The van der Waals surface area contributed by atoms with Gasteiger partial charge < -0.3 is 10.2 Å². The molecule has 0 aliphatic carbocycles. The molecule has 5 heteroatoms. The van der Waals surface area contributed by atoms with Crippen LogP contribution in [0.4, 0.5) is 0 Å². The summed E-state index contributed by atoms with van der Waals surface area (Å²) in [7, 11) is 0. The second kappa shape index (κ2) is 8.08. The van der Waals surface area contributed by atoms with E-state index in [1.165, 1.54) is 0 Å². The fourth-order valence-electron chi connectivity index (χ4n) is 1.69. The van der Waals surface area contributed by atoms with E-state index in [9.17, 15) is 4.79 Å². The Kier molecular flexibility index (Phi) is 6.75. The normalized spacial score (nSPS) is 10.2. The molecule has 1 aromatic carbocycles. The predicted octanol–water partition coefficient (Wildman–Crippen LogP) is 3.80. The summed E-state index contributed by atoms with van der Waals surface area (Å²) in [4.78, 5) is 11.7. The van der Waals surface area contributed by atoms with E-state index in [1.807, 2.05) is 26.8 Å². The maximum atomic E-state index is 11.7. The molecule has 2 N–H and O–H groups in total. The number of nitrogens with one attached hydrogen (secondary N) is 2. The minimum Gasteiger partial charge on any atom is -0.483 e. The van der Waals surface area contributed by atoms with Gasteiger partial charge in [-0.05, 0) is 49.9 Å². The average Bonchev–Trinajstić information content (AvgIpc) is 2.39. The Hall–Kier alpha value is -1.49. The summed E-state index contributed by atoms with van der Waals surface area (Å²) in [6, 6.07) is 4.00. The average molecular weight is 355 g/mol. The number of amides is 1. The lowest BCUT2D eigenvalue weighted by Crippen LogP contribution is -2.37. The Morgan fingerprint density at radius 1 is 1.38 bits per heavy atom. The number of hydrazine groups is 1. The zero-order chi connectivity index (χ0) is 16.0. The van der Waals surface area contributed by atoms with Gasteiger partial charge in [0.25, 0.3) is 5.91 Å². The lowest BCUT2D eigenvalue weighted by Gasteiger charge is -2.16. The van der Waals surface area contributed by atoms with Crippen molar-refractivity contribution in [3.8, 4) is 5.75 Å². The van der Waals surface area contributed by atoms with Crippen molar-refractivity contribution >= 4 is 21.8 Å². The Bertz CT molecular complexity index is 535. The van der Waals surface area contributed by atoms with Crippen molar-refractivity contribution in [3.63, 3.8) is 0 Å². The molecule has 0 fully saturated rings. The third-order valence-corrected chi connectivity index (χ3v) is 3.70. The van der Waals surface area contributed by atoms with Gasteiger partial charge in [0, 0.05) is 10.7 Å². The molecule has 0 saturated heterocycles. The van der Waals surface area contributed by atoms with Gasteiger partial charge in [0.1, 0.15) is 5.75 Å². The van der Waals surface area contributed by atoms with Crippen molar-refractivity contribution < 1.29 is 9.53 Å². The summed E-state index contributed by atoms with van der Waals surface area (Å²) in [5.41, 5.74) is 8.52. The molecule has 0 saturated carbocycles. The molecule has 0 spiro atoms. The number of carbonyl (C=O) groups is 1. The monoisotopic (exact) mass is 354 g/mol. The van der Waals surface area contributed by atoms with Gasteiger partial charge in [0.15, 0.2) is 6.61 Å². The molecule has 1 rings (SSSR count). The van der Waals surface area contributed by atoms with Crippen molar-refractivity contribution in [3.05, 3.63) is 39.5 Å². The maximum absolute atomic E-state index is 11.7. The summed E-state index contributed by atoms with van der Waals surface area (Å²) in [6.45, 7) is 10.0. The van der Waals surface area contributed by atoms with Crippen molar-refractivity contribution in [2.24, 2.45) is 0 Å². The highest BCUT2D eigenvalue weighted by Crippen LogP contribution is 2.32. The molecule has 21 heavy (non-hydrogen) atoms. The molecule has 116 valence electrons. The molecule has 4 nitrogen and oxygen atoms in total. The molecule has 0 heterocycles. The standard InChI is InChI=1S/C16H23BrN2O2/c1-10(2)8-18-19-16(20)9-21-15-6-12(5)14(17)7-13(15)11(3)4/h6-8,11,18H,9H2,1-5H3,(H,19,20). The molecular weight excluding hydrogens is 332 g/mol. The smallest absolute Gasteiger partial charge is 0.276 e. The molecule has 0 atom stereocenters. The summed E-state index contributed by atoms with van der Waals surface area (Å²) in [5.74, 6) is 0.856. The Morgan fingerprint density at radius 3 is 2.62 bits per heavy atom. The topological polar surface area (TPSA) is 50.4 Å². The van der Waals surface area contributed by atoms with Crippen molar-refractivity contribution in [1.82, 2.24) is 10.9 Å². The van der Waals surface area contributed by atoms with Crippen molar-refractivity contribution in [1.29, 1.82) is 0 Å². The second-order valence-corrected chi connectivity index (χ2v) is 6.35. The minimum absolute atomic E-state index is 0.0234. The quantitative estimate of drug-likeness (QED) is 0.763. The second-order valence-electron chi connectivity index (χ2n) is 5.50. The van der Waals surface area contributed by atoms with Gasteiger partial charge in [-0.25, -0.2) is 0 Å². The van der Waals surface area contributed by atoms with Crippen LogP contribution in [0.1, 0.15) is 44.7 Å². The first kappa shape index (κ1) is 17.6. The molecule has 0 unspecified atom stereocenters. The Morgan fingerprint density at radius 2 is 2.05 bits per heavy atom. The van der Waals surface area contributed by atoms with Crippen LogP contribution in [-0.2, 0) is 4.79 Å². The van der Waals surface area contributed by atoms with Crippen LogP contribution < -0.4 is 15.6 Å². The molecule has 1 aromatic rings. The number of hydrogen-bond acceptors (Lipinski definition) is 3. The van der Waals surface area contributed by atoms with Gasteiger partial charge in [-0.2, -0.15) is 0 Å². The zero-order valence-corrected chi connectivity index (χ0v) is 14.8. The first-order valence-corrected chi connectivity index (χ1v) is 7.71. The van der Waals surface area contributed by atoms with E-state index in [0.29, 0.717) is 5.92 Å². The van der Waals surface area contributed by atoms with Crippen LogP contribution in [-0.4, -0.2) is 12.5 Å². The third kappa shape index (κ3) is 5.79. The Balaban J connectivity index is 2.68. The first-order valence-electron chi connectivity index (χ1n) is 6.91. The highest BCUT2D eigenvalue weighted by atomic mass is 79.9. The molecule has 1 amide bonds. The fraction of sp³-hybridized carbons (Fsp3) is 0.438. The Labute approximate surface area is 135 Å².